The minimum absolute atomic E-state index is 0.246. The Kier molecular flexibility index (Phi) is 3.71. The van der Waals surface area contributed by atoms with E-state index in [-0.39, 0.29) is 5.91 Å². The van der Waals surface area contributed by atoms with Gasteiger partial charge in [-0.2, -0.15) is 0 Å². The number of para-hydroxylation sites is 1. The van der Waals surface area contributed by atoms with Crippen molar-refractivity contribution in [2.45, 2.75) is 13.8 Å². The molecule has 0 aliphatic carbocycles. The van der Waals surface area contributed by atoms with E-state index in [9.17, 15) is 4.79 Å². The largest absolute Gasteiger partial charge is 0.398 e. The first kappa shape index (κ1) is 13.0. The van der Waals surface area contributed by atoms with Crippen molar-refractivity contribution in [3.63, 3.8) is 0 Å². The fourth-order valence-electron chi connectivity index (χ4n) is 1.75. The van der Waals surface area contributed by atoms with Crippen LogP contribution in [-0.4, -0.2) is 5.91 Å². The molecule has 0 saturated heterocycles. The molecule has 0 aliphatic heterocycles. The lowest BCUT2D eigenvalue weighted by Crippen LogP contribution is -2.30. The maximum atomic E-state index is 12.0. The first-order valence-electron chi connectivity index (χ1n) is 6.06. The molecule has 0 saturated carbocycles. The van der Waals surface area contributed by atoms with Gasteiger partial charge in [0.25, 0.3) is 5.91 Å². The van der Waals surface area contributed by atoms with Crippen LogP contribution in [0.25, 0.3) is 0 Å². The van der Waals surface area contributed by atoms with E-state index in [0.29, 0.717) is 11.3 Å². The molecule has 0 bridgehead atoms. The highest BCUT2D eigenvalue weighted by atomic mass is 16.2. The van der Waals surface area contributed by atoms with Gasteiger partial charge in [-0.15, -0.1) is 0 Å². The lowest BCUT2D eigenvalue weighted by atomic mass is 10.0. The standard InChI is InChI=1S/C15H17N3O/c1-10-8-9-13(14(16)11(10)2)15(19)18-17-12-6-4-3-5-7-12/h3-9,17H,16H2,1-2H3,(H,18,19). The van der Waals surface area contributed by atoms with Crippen molar-refractivity contribution < 1.29 is 4.79 Å². The zero-order valence-corrected chi connectivity index (χ0v) is 11.0. The van der Waals surface area contributed by atoms with Crippen LogP contribution < -0.4 is 16.6 Å². The van der Waals surface area contributed by atoms with Crippen molar-refractivity contribution in [1.29, 1.82) is 0 Å². The van der Waals surface area contributed by atoms with Gasteiger partial charge in [-0.05, 0) is 43.2 Å². The molecule has 4 heteroatoms. The quantitative estimate of drug-likeness (QED) is 0.583. The lowest BCUT2D eigenvalue weighted by molar-refractivity contribution is 0.0963. The van der Waals surface area contributed by atoms with Crippen LogP contribution in [-0.2, 0) is 0 Å². The second-order valence-electron chi connectivity index (χ2n) is 4.41. The number of nitrogens with one attached hydrogen (secondary N) is 2. The second kappa shape index (κ2) is 5.44. The van der Waals surface area contributed by atoms with E-state index in [1.807, 2.05) is 50.2 Å². The van der Waals surface area contributed by atoms with E-state index >= 15 is 0 Å². The molecule has 0 heterocycles. The van der Waals surface area contributed by atoms with Gasteiger partial charge in [0, 0.05) is 5.69 Å². The van der Waals surface area contributed by atoms with E-state index in [2.05, 4.69) is 10.9 Å². The Morgan fingerprint density at radius 1 is 1.05 bits per heavy atom. The first-order chi connectivity index (χ1) is 9.09. The number of nitrogens with two attached hydrogens (primary N) is 1. The van der Waals surface area contributed by atoms with Crippen LogP contribution in [0.15, 0.2) is 42.5 Å². The molecule has 2 aromatic carbocycles. The Hall–Kier alpha value is -2.49. The van der Waals surface area contributed by atoms with Gasteiger partial charge in [0.1, 0.15) is 0 Å². The third-order valence-electron chi connectivity index (χ3n) is 3.12. The summed E-state index contributed by atoms with van der Waals surface area (Å²) in [5, 5.41) is 0. The highest BCUT2D eigenvalue weighted by Gasteiger charge is 2.11. The third-order valence-corrected chi connectivity index (χ3v) is 3.12. The second-order valence-corrected chi connectivity index (χ2v) is 4.41. The van der Waals surface area contributed by atoms with Gasteiger partial charge < -0.3 is 5.73 Å². The number of hydrogen-bond donors (Lipinski definition) is 3. The zero-order chi connectivity index (χ0) is 13.8. The van der Waals surface area contributed by atoms with E-state index in [1.54, 1.807) is 6.07 Å². The molecule has 0 fully saturated rings. The molecule has 19 heavy (non-hydrogen) atoms. The Morgan fingerprint density at radius 2 is 1.74 bits per heavy atom. The Morgan fingerprint density at radius 3 is 2.42 bits per heavy atom. The van der Waals surface area contributed by atoms with Crippen LogP contribution in [0.4, 0.5) is 11.4 Å². The molecule has 2 rings (SSSR count). The van der Waals surface area contributed by atoms with Gasteiger partial charge in [-0.3, -0.25) is 15.6 Å². The molecule has 0 aliphatic rings. The smallest absolute Gasteiger partial charge is 0.271 e. The van der Waals surface area contributed by atoms with Gasteiger partial charge in [-0.1, -0.05) is 24.3 Å². The number of carbonyl (C=O) groups excluding carboxylic acids is 1. The highest BCUT2D eigenvalue weighted by molar-refractivity contribution is 6.00. The summed E-state index contributed by atoms with van der Waals surface area (Å²) >= 11 is 0. The Labute approximate surface area is 112 Å². The van der Waals surface area contributed by atoms with Crippen LogP contribution in [0.5, 0.6) is 0 Å². The number of nitrogen functional groups attached to an aromatic ring is 1. The number of hydrazine groups is 1. The summed E-state index contributed by atoms with van der Waals surface area (Å²) in [5.41, 5.74) is 15.3. The van der Waals surface area contributed by atoms with E-state index in [4.69, 9.17) is 5.73 Å². The molecule has 0 spiro atoms. The molecular weight excluding hydrogens is 238 g/mol. The minimum atomic E-state index is -0.246. The minimum Gasteiger partial charge on any atom is -0.398 e. The van der Waals surface area contributed by atoms with Gasteiger partial charge in [0.05, 0.1) is 11.3 Å². The summed E-state index contributed by atoms with van der Waals surface area (Å²) in [6.45, 7) is 3.88. The number of hydrogen-bond acceptors (Lipinski definition) is 3. The molecule has 98 valence electrons. The molecule has 4 nitrogen and oxygen atoms in total. The van der Waals surface area contributed by atoms with Crippen molar-refractivity contribution in [3.8, 4) is 0 Å². The van der Waals surface area contributed by atoms with Crippen molar-refractivity contribution in [1.82, 2.24) is 5.43 Å². The summed E-state index contributed by atoms with van der Waals surface area (Å²) in [6.07, 6.45) is 0. The fourth-order valence-corrected chi connectivity index (χ4v) is 1.75. The number of amides is 1. The molecule has 0 radical (unpaired) electrons. The van der Waals surface area contributed by atoms with Gasteiger partial charge in [0.15, 0.2) is 0 Å². The summed E-state index contributed by atoms with van der Waals surface area (Å²) < 4.78 is 0. The Bertz CT molecular complexity index is 594. The van der Waals surface area contributed by atoms with Crippen LogP contribution in [0.1, 0.15) is 21.5 Å². The van der Waals surface area contributed by atoms with Gasteiger partial charge in [0.2, 0.25) is 0 Å². The van der Waals surface area contributed by atoms with Gasteiger partial charge >= 0.3 is 0 Å². The van der Waals surface area contributed by atoms with Crippen molar-refractivity contribution in [2.24, 2.45) is 0 Å². The molecule has 0 atom stereocenters. The predicted molar refractivity (Wildman–Crippen MR) is 77.9 cm³/mol. The number of rotatable bonds is 3. The van der Waals surface area contributed by atoms with E-state index in [1.165, 1.54) is 0 Å². The van der Waals surface area contributed by atoms with Crippen LogP contribution in [0.2, 0.25) is 0 Å². The summed E-state index contributed by atoms with van der Waals surface area (Å²) in [4.78, 5) is 12.0. The third kappa shape index (κ3) is 2.85. The lowest BCUT2D eigenvalue weighted by Gasteiger charge is -2.12. The van der Waals surface area contributed by atoms with E-state index < -0.39 is 0 Å². The summed E-state index contributed by atoms with van der Waals surface area (Å²) in [7, 11) is 0. The monoisotopic (exact) mass is 255 g/mol. The summed E-state index contributed by atoms with van der Waals surface area (Å²) in [6, 6.07) is 13.0. The van der Waals surface area contributed by atoms with Crippen molar-refractivity contribution in [3.05, 3.63) is 59.2 Å². The van der Waals surface area contributed by atoms with Crippen molar-refractivity contribution in [2.75, 3.05) is 11.2 Å². The zero-order valence-electron chi connectivity index (χ0n) is 11.0. The maximum Gasteiger partial charge on any atom is 0.271 e. The normalized spacial score (nSPS) is 10.0. The number of carbonyl (C=O) groups is 1. The SMILES string of the molecule is Cc1ccc(C(=O)NNc2ccccc2)c(N)c1C. The van der Waals surface area contributed by atoms with Gasteiger partial charge in [-0.25, -0.2) is 0 Å². The molecular formula is C15H17N3O. The number of aryl methyl sites for hydroxylation is 1. The predicted octanol–water partition coefficient (Wildman–Crippen LogP) is 2.64. The molecule has 2 aromatic rings. The molecule has 1 amide bonds. The summed E-state index contributed by atoms with van der Waals surface area (Å²) in [5.74, 6) is -0.246. The van der Waals surface area contributed by atoms with Crippen LogP contribution in [0, 0.1) is 13.8 Å². The Balaban J connectivity index is 2.11. The molecule has 0 aromatic heterocycles. The van der Waals surface area contributed by atoms with Crippen LogP contribution in [0.3, 0.4) is 0 Å². The first-order valence-corrected chi connectivity index (χ1v) is 6.06. The number of benzene rings is 2. The average molecular weight is 255 g/mol. The average Bonchev–Trinajstić information content (AvgIpc) is 2.43. The molecule has 4 N–H and O–H groups in total. The molecule has 0 unspecified atom stereocenters. The number of anilines is 2. The maximum absolute atomic E-state index is 12.0. The van der Waals surface area contributed by atoms with Crippen molar-refractivity contribution >= 4 is 17.3 Å². The highest BCUT2D eigenvalue weighted by Crippen LogP contribution is 2.20. The van der Waals surface area contributed by atoms with Crippen LogP contribution >= 0.6 is 0 Å². The fraction of sp³-hybridized carbons (Fsp3) is 0.133. The topological polar surface area (TPSA) is 67.2 Å². The van der Waals surface area contributed by atoms with E-state index in [0.717, 1.165) is 16.8 Å².